The molecule has 9 nitrogen and oxygen atoms in total. The standard InChI is InChI=1S/C22H21N5O4S3/c1-14-12-19(27-10-7-17(25-27)22-23-8-11-32-22)16-6-9-26(21(16)24-14)18-5-4-15(33(2,28)29)13-20(18)34(3,30)31/h4-5,7-8,10-13H,6,9H2,1-3H3. The van der Waals surface area contributed by atoms with Gasteiger partial charge in [-0.3, -0.25) is 0 Å². The van der Waals surface area contributed by atoms with E-state index in [1.807, 2.05) is 35.5 Å². The maximum atomic E-state index is 12.6. The first-order valence-electron chi connectivity index (χ1n) is 10.3. The lowest BCUT2D eigenvalue weighted by Gasteiger charge is -2.22. The van der Waals surface area contributed by atoms with Gasteiger partial charge in [-0.15, -0.1) is 11.3 Å². The molecule has 0 N–H and O–H groups in total. The number of hydrogen-bond acceptors (Lipinski definition) is 9. The van der Waals surface area contributed by atoms with E-state index in [2.05, 4.69) is 4.98 Å². The van der Waals surface area contributed by atoms with Crippen LogP contribution in [0.25, 0.3) is 16.4 Å². The number of fused-ring (bicyclic) bond motifs is 1. The second-order valence-corrected chi connectivity index (χ2v) is 13.0. The molecule has 34 heavy (non-hydrogen) atoms. The molecule has 0 saturated carbocycles. The van der Waals surface area contributed by atoms with Crippen LogP contribution in [0.15, 0.2) is 57.9 Å². The van der Waals surface area contributed by atoms with Gasteiger partial charge in [0.05, 0.1) is 21.2 Å². The molecule has 0 fully saturated rings. The second-order valence-electron chi connectivity index (χ2n) is 8.14. The highest BCUT2D eigenvalue weighted by molar-refractivity contribution is 7.91. The van der Waals surface area contributed by atoms with Gasteiger partial charge in [-0.1, -0.05) is 0 Å². The van der Waals surface area contributed by atoms with Crippen LogP contribution >= 0.6 is 11.3 Å². The van der Waals surface area contributed by atoms with Gasteiger partial charge in [0.1, 0.15) is 16.5 Å². The molecule has 4 aromatic rings. The molecule has 0 unspecified atom stereocenters. The van der Waals surface area contributed by atoms with E-state index in [1.165, 1.54) is 23.5 Å². The Balaban J connectivity index is 1.63. The highest BCUT2D eigenvalue weighted by Gasteiger charge is 2.30. The van der Waals surface area contributed by atoms with E-state index in [0.29, 0.717) is 24.5 Å². The number of benzene rings is 1. The van der Waals surface area contributed by atoms with Crippen LogP contribution in [0.3, 0.4) is 0 Å². The van der Waals surface area contributed by atoms with Crippen LogP contribution in [0.2, 0.25) is 0 Å². The predicted molar refractivity (Wildman–Crippen MR) is 131 cm³/mol. The van der Waals surface area contributed by atoms with Gasteiger partial charge in [0.2, 0.25) is 0 Å². The lowest BCUT2D eigenvalue weighted by atomic mass is 10.1. The average Bonchev–Trinajstić information content (AvgIpc) is 3.51. The van der Waals surface area contributed by atoms with E-state index in [0.717, 1.165) is 40.2 Å². The molecular formula is C22H21N5O4S3. The zero-order chi connectivity index (χ0) is 24.3. The number of rotatable bonds is 5. The normalized spacial score (nSPS) is 13.9. The summed E-state index contributed by atoms with van der Waals surface area (Å²) in [7, 11) is -7.27. The summed E-state index contributed by atoms with van der Waals surface area (Å²) in [5.41, 5.74) is 3.72. The van der Waals surface area contributed by atoms with Gasteiger partial charge in [-0.05, 0) is 43.7 Å². The molecule has 0 radical (unpaired) electrons. The summed E-state index contributed by atoms with van der Waals surface area (Å²) >= 11 is 1.51. The maximum absolute atomic E-state index is 12.6. The van der Waals surface area contributed by atoms with Crippen molar-refractivity contribution in [3.05, 3.63) is 59.4 Å². The maximum Gasteiger partial charge on any atom is 0.177 e. The molecule has 12 heteroatoms. The smallest absolute Gasteiger partial charge is 0.177 e. The van der Waals surface area contributed by atoms with E-state index in [1.54, 1.807) is 16.9 Å². The van der Waals surface area contributed by atoms with Crippen LogP contribution in [0.1, 0.15) is 11.3 Å². The quantitative estimate of drug-likeness (QED) is 0.398. The van der Waals surface area contributed by atoms with Gasteiger partial charge in [-0.25, -0.2) is 31.5 Å². The number of pyridine rings is 1. The number of aryl methyl sites for hydroxylation is 1. The molecule has 0 amide bonds. The SMILES string of the molecule is Cc1cc(-n2ccc(-c3nccs3)n2)c2c(n1)N(c1ccc(S(C)(=O)=O)cc1S(C)(=O)=O)CC2. The summed E-state index contributed by atoms with van der Waals surface area (Å²) in [5, 5.41) is 7.41. The number of thiazole rings is 1. The number of sulfone groups is 2. The first-order chi connectivity index (χ1) is 16.0. The molecule has 176 valence electrons. The molecule has 0 aliphatic carbocycles. The van der Waals surface area contributed by atoms with Crippen LogP contribution in [-0.4, -0.2) is 55.6 Å². The summed E-state index contributed by atoms with van der Waals surface area (Å²) in [4.78, 5) is 10.8. The Labute approximate surface area is 201 Å². The van der Waals surface area contributed by atoms with Gasteiger partial charge in [-0.2, -0.15) is 5.10 Å². The lowest BCUT2D eigenvalue weighted by molar-refractivity contribution is 0.600. The predicted octanol–water partition coefficient (Wildman–Crippen LogP) is 3.20. The number of aromatic nitrogens is 4. The third kappa shape index (κ3) is 4.01. The number of anilines is 2. The minimum absolute atomic E-state index is 0.0414. The summed E-state index contributed by atoms with van der Waals surface area (Å²) in [5.74, 6) is 0.637. The molecule has 4 heterocycles. The van der Waals surface area contributed by atoms with Crippen molar-refractivity contribution in [1.82, 2.24) is 19.7 Å². The Morgan fingerprint density at radius 2 is 1.79 bits per heavy atom. The fourth-order valence-corrected chi connectivity index (χ4v) is 6.29. The van der Waals surface area contributed by atoms with Crippen LogP contribution in [0.5, 0.6) is 0 Å². The van der Waals surface area contributed by atoms with Crippen molar-refractivity contribution in [1.29, 1.82) is 0 Å². The molecule has 0 bridgehead atoms. The van der Waals surface area contributed by atoms with E-state index < -0.39 is 19.7 Å². The van der Waals surface area contributed by atoms with E-state index in [4.69, 9.17) is 10.1 Å². The van der Waals surface area contributed by atoms with E-state index in [-0.39, 0.29) is 9.79 Å². The second kappa shape index (κ2) is 8.00. The number of hydrogen-bond donors (Lipinski definition) is 0. The Morgan fingerprint density at radius 1 is 1.00 bits per heavy atom. The van der Waals surface area contributed by atoms with Crippen LogP contribution in [0.4, 0.5) is 11.5 Å². The van der Waals surface area contributed by atoms with Gasteiger partial charge in [0.15, 0.2) is 19.7 Å². The minimum atomic E-state index is -3.71. The molecular weight excluding hydrogens is 494 g/mol. The molecule has 0 spiro atoms. The molecule has 1 aliphatic heterocycles. The fourth-order valence-electron chi connectivity index (χ4n) is 4.07. The first kappa shape index (κ1) is 22.7. The Kier molecular flexibility index (Phi) is 5.34. The number of nitrogens with zero attached hydrogens (tertiary/aromatic N) is 5. The van der Waals surface area contributed by atoms with Crippen LogP contribution in [0, 0.1) is 6.92 Å². The molecule has 0 saturated heterocycles. The molecule has 3 aromatic heterocycles. The van der Waals surface area contributed by atoms with Crippen molar-refractivity contribution in [3.8, 4) is 16.4 Å². The molecule has 1 aromatic carbocycles. The van der Waals surface area contributed by atoms with Gasteiger partial charge >= 0.3 is 0 Å². The first-order valence-corrected chi connectivity index (χ1v) is 15.0. The van der Waals surface area contributed by atoms with E-state index >= 15 is 0 Å². The average molecular weight is 516 g/mol. The topological polar surface area (TPSA) is 115 Å². The van der Waals surface area contributed by atoms with Crippen molar-refractivity contribution in [3.63, 3.8) is 0 Å². The largest absolute Gasteiger partial charge is 0.325 e. The zero-order valence-corrected chi connectivity index (χ0v) is 21.1. The Morgan fingerprint density at radius 3 is 2.47 bits per heavy atom. The van der Waals surface area contributed by atoms with Crippen molar-refractivity contribution in [2.24, 2.45) is 0 Å². The van der Waals surface area contributed by atoms with Gasteiger partial charge in [0.25, 0.3) is 0 Å². The lowest BCUT2D eigenvalue weighted by Crippen LogP contribution is -2.18. The van der Waals surface area contributed by atoms with Crippen LogP contribution in [-0.2, 0) is 26.1 Å². The Bertz CT molecular complexity index is 1620. The van der Waals surface area contributed by atoms with Gasteiger partial charge in [0, 0.05) is 48.1 Å². The minimum Gasteiger partial charge on any atom is -0.325 e. The Hall–Kier alpha value is -3.09. The fraction of sp³-hybridized carbons (Fsp3) is 0.227. The zero-order valence-electron chi connectivity index (χ0n) is 18.6. The highest BCUT2D eigenvalue weighted by atomic mass is 32.2. The van der Waals surface area contributed by atoms with Crippen molar-refractivity contribution in [2.75, 3.05) is 24.0 Å². The third-order valence-electron chi connectivity index (χ3n) is 5.59. The summed E-state index contributed by atoms with van der Waals surface area (Å²) in [6, 6.07) is 8.05. The summed E-state index contributed by atoms with van der Waals surface area (Å²) < 4.78 is 51.1. The van der Waals surface area contributed by atoms with Gasteiger partial charge < -0.3 is 4.90 Å². The highest BCUT2D eigenvalue weighted by Crippen LogP contribution is 2.40. The molecule has 5 rings (SSSR count). The van der Waals surface area contributed by atoms with Crippen molar-refractivity contribution >= 4 is 42.5 Å². The van der Waals surface area contributed by atoms with E-state index in [9.17, 15) is 16.8 Å². The third-order valence-corrected chi connectivity index (χ3v) is 8.62. The monoisotopic (exact) mass is 515 g/mol. The molecule has 0 atom stereocenters. The summed E-state index contributed by atoms with van der Waals surface area (Å²) in [6.07, 6.45) is 6.37. The van der Waals surface area contributed by atoms with Crippen molar-refractivity contribution in [2.45, 2.75) is 23.1 Å². The molecule has 1 aliphatic rings. The van der Waals surface area contributed by atoms with Crippen molar-refractivity contribution < 1.29 is 16.8 Å². The van der Waals surface area contributed by atoms with Crippen LogP contribution < -0.4 is 4.90 Å². The summed E-state index contributed by atoms with van der Waals surface area (Å²) in [6.45, 7) is 2.37.